The Balaban J connectivity index is 1.77. The van der Waals surface area contributed by atoms with Gasteiger partial charge in [-0.15, -0.1) is 0 Å². The fourth-order valence-corrected chi connectivity index (χ4v) is 5.67. The number of hydrogen-bond acceptors (Lipinski definition) is 6. The fourth-order valence-electron chi connectivity index (χ4n) is 5.40. The van der Waals surface area contributed by atoms with E-state index in [2.05, 4.69) is 32.3 Å². The Bertz CT molecular complexity index is 1330. The molecule has 7 heteroatoms. The zero-order valence-corrected chi connectivity index (χ0v) is 20.5. The number of halogens is 1. The number of fused-ring (bicyclic) bond motifs is 3. The van der Waals surface area contributed by atoms with E-state index in [0.29, 0.717) is 18.2 Å². The van der Waals surface area contributed by atoms with Crippen LogP contribution in [0.15, 0.2) is 70.7 Å². The van der Waals surface area contributed by atoms with Gasteiger partial charge in [0.1, 0.15) is 6.07 Å². The molecule has 34 heavy (non-hydrogen) atoms. The lowest BCUT2D eigenvalue weighted by Gasteiger charge is -2.48. The zero-order valence-electron chi connectivity index (χ0n) is 18.9. The van der Waals surface area contributed by atoms with E-state index in [0.717, 1.165) is 33.4 Å². The number of carbonyl (C=O) groups is 1. The summed E-state index contributed by atoms with van der Waals surface area (Å²) in [7, 11) is 1.61. The number of anilines is 2. The van der Waals surface area contributed by atoms with Crippen molar-refractivity contribution in [3.8, 4) is 11.9 Å². The molecule has 0 fully saturated rings. The number of allylic oxidation sites excluding steroid dienone is 2. The van der Waals surface area contributed by atoms with E-state index in [9.17, 15) is 10.1 Å². The summed E-state index contributed by atoms with van der Waals surface area (Å²) >= 11 is 3.46. The molecule has 3 atom stereocenters. The molecule has 2 aliphatic rings. The molecule has 0 aliphatic heterocycles. The third-order valence-electron chi connectivity index (χ3n) is 6.97. The Morgan fingerprint density at radius 3 is 2.56 bits per heavy atom. The van der Waals surface area contributed by atoms with Gasteiger partial charge in [-0.2, -0.15) is 10.2 Å². The topological polar surface area (TPSA) is 87.9 Å². The number of carbonyl (C=O) groups excluding carboxylic acids is 1. The fraction of sp³-hybridized carbons (Fsp3) is 0.259. The number of ether oxygens (including phenoxy) is 1. The van der Waals surface area contributed by atoms with Crippen LogP contribution < -0.4 is 10.1 Å². The molecular formula is C27H23BrN4O2. The van der Waals surface area contributed by atoms with Crippen molar-refractivity contribution in [3.63, 3.8) is 0 Å². The van der Waals surface area contributed by atoms with E-state index in [1.54, 1.807) is 7.11 Å². The van der Waals surface area contributed by atoms with Crippen LogP contribution in [0.4, 0.5) is 11.6 Å². The number of methoxy groups -OCH3 is 1. The molecule has 1 aromatic heterocycles. The Morgan fingerprint density at radius 1 is 1.15 bits per heavy atom. The van der Waals surface area contributed by atoms with E-state index in [1.165, 1.54) is 0 Å². The Kier molecular flexibility index (Phi) is 5.70. The van der Waals surface area contributed by atoms with Gasteiger partial charge in [0.25, 0.3) is 0 Å². The number of nitrogens with zero attached hydrogens (tertiary/aromatic N) is 3. The van der Waals surface area contributed by atoms with Crippen molar-refractivity contribution in [3.05, 3.63) is 87.5 Å². The molecule has 2 aliphatic carbocycles. The highest BCUT2D eigenvalue weighted by atomic mass is 79.9. The highest BCUT2D eigenvalue weighted by molar-refractivity contribution is 9.10. The first kappa shape index (κ1) is 22.3. The number of hydrogen-bond donors (Lipinski definition) is 1. The second kappa shape index (κ2) is 8.69. The summed E-state index contributed by atoms with van der Waals surface area (Å²) in [4.78, 5) is 22.7. The maximum Gasteiger partial charge on any atom is 0.230 e. The quantitative estimate of drug-likeness (QED) is 0.493. The summed E-state index contributed by atoms with van der Waals surface area (Å²) in [6, 6.07) is 19.9. The number of nitriles is 1. The molecule has 5 rings (SSSR count). The molecule has 6 nitrogen and oxygen atoms in total. The van der Waals surface area contributed by atoms with Gasteiger partial charge >= 0.3 is 0 Å². The second-order valence-electron chi connectivity index (χ2n) is 8.72. The maximum absolute atomic E-state index is 13.0. The molecule has 0 bridgehead atoms. The number of ketones is 1. The molecular weight excluding hydrogens is 492 g/mol. The summed E-state index contributed by atoms with van der Waals surface area (Å²) in [5, 5.41) is 13.1. The molecule has 1 heterocycles. The van der Waals surface area contributed by atoms with Crippen LogP contribution in [0.5, 0.6) is 5.88 Å². The van der Waals surface area contributed by atoms with Crippen LogP contribution in [0.25, 0.3) is 0 Å². The molecule has 0 spiro atoms. The van der Waals surface area contributed by atoms with Crippen molar-refractivity contribution < 1.29 is 9.53 Å². The average molecular weight is 515 g/mol. The minimum atomic E-state index is -0.737. The second-order valence-corrected chi connectivity index (χ2v) is 9.63. The molecule has 0 saturated carbocycles. The first-order valence-corrected chi connectivity index (χ1v) is 12.0. The first-order valence-electron chi connectivity index (χ1n) is 11.2. The lowest BCUT2D eigenvalue weighted by atomic mass is 9.54. The maximum atomic E-state index is 13.0. The summed E-state index contributed by atoms with van der Waals surface area (Å²) in [6.45, 7) is 1.93. The van der Waals surface area contributed by atoms with Crippen LogP contribution in [0, 0.1) is 23.2 Å². The largest absolute Gasteiger partial charge is 0.481 e. The molecule has 170 valence electrons. The van der Waals surface area contributed by atoms with Crippen LogP contribution in [-0.2, 0) is 16.6 Å². The Hall–Kier alpha value is -3.50. The van der Waals surface area contributed by atoms with Gasteiger partial charge in [0, 0.05) is 21.6 Å². The Labute approximate surface area is 206 Å². The molecule has 1 N–H and O–H groups in total. The standard InChI is InChI=1S/C27H23BrN4O2/c1-16-22-13-12-21-24(27(22,14-17(15-29)23(16)33)18-6-4-3-5-7-18)31-26(32-25(21)34-2)30-20-10-8-19(28)9-11-20/h3-11,14,16,22H,12-13H2,1-2H3,(H,30,31,32)/t16-,22-,27+/m0/s1. The summed E-state index contributed by atoms with van der Waals surface area (Å²) in [5.74, 6) is 0.473. The molecule has 0 saturated heterocycles. The van der Waals surface area contributed by atoms with Crippen molar-refractivity contribution in [1.82, 2.24) is 9.97 Å². The van der Waals surface area contributed by atoms with Crippen LogP contribution >= 0.6 is 15.9 Å². The lowest BCUT2D eigenvalue weighted by molar-refractivity contribution is -0.121. The molecule has 0 amide bonds. The van der Waals surface area contributed by atoms with E-state index in [-0.39, 0.29) is 23.2 Å². The van der Waals surface area contributed by atoms with Crippen LogP contribution in [-0.4, -0.2) is 22.9 Å². The zero-order chi connectivity index (χ0) is 23.9. The molecule has 0 unspecified atom stereocenters. The predicted octanol–water partition coefficient (Wildman–Crippen LogP) is 5.51. The van der Waals surface area contributed by atoms with Crippen molar-refractivity contribution in [2.45, 2.75) is 25.2 Å². The van der Waals surface area contributed by atoms with Crippen molar-refractivity contribution in [1.29, 1.82) is 5.26 Å². The highest BCUT2D eigenvalue weighted by Crippen LogP contribution is 2.54. The molecule has 0 radical (unpaired) electrons. The van der Waals surface area contributed by atoms with Crippen LogP contribution in [0.1, 0.15) is 30.2 Å². The smallest absolute Gasteiger partial charge is 0.230 e. The van der Waals surface area contributed by atoms with Crippen molar-refractivity contribution in [2.24, 2.45) is 11.8 Å². The third kappa shape index (κ3) is 3.50. The molecule has 3 aromatic rings. The van der Waals surface area contributed by atoms with Gasteiger partial charge in [-0.25, -0.2) is 4.98 Å². The van der Waals surface area contributed by atoms with E-state index in [4.69, 9.17) is 9.72 Å². The van der Waals surface area contributed by atoms with Crippen molar-refractivity contribution >= 4 is 33.3 Å². The first-order chi connectivity index (χ1) is 16.5. The number of benzene rings is 2. The highest BCUT2D eigenvalue weighted by Gasteiger charge is 2.53. The van der Waals surface area contributed by atoms with Gasteiger partial charge in [-0.05, 0) is 54.7 Å². The van der Waals surface area contributed by atoms with E-state index >= 15 is 0 Å². The average Bonchev–Trinajstić information content (AvgIpc) is 2.87. The lowest BCUT2D eigenvalue weighted by Crippen LogP contribution is -2.48. The van der Waals surface area contributed by atoms with Gasteiger partial charge in [-0.3, -0.25) is 4.79 Å². The molecule has 2 aromatic carbocycles. The third-order valence-corrected chi connectivity index (χ3v) is 7.50. The van der Waals surface area contributed by atoms with Gasteiger partial charge in [-0.1, -0.05) is 53.2 Å². The van der Waals surface area contributed by atoms with Crippen LogP contribution in [0.2, 0.25) is 0 Å². The number of Topliss-reactive ketones (excluding diaryl/α,β-unsaturated/α-hetero) is 1. The minimum absolute atomic E-state index is 0.0351. The summed E-state index contributed by atoms with van der Waals surface area (Å²) in [6.07, 6.45) is 3.30. The number of aromatic nitrogens is 2. The Morgan fingerprint density at radius 2 is 1.88 bits per heavy atom. The number of nitrogens with one attached hydrogen (secondary N) is 1. The van der Waals surface area contributed by atoms with E-state index < -0.39 is 5.41 Å². The van der Waals surface area contributed by atoms with Crippen LogP contribution in [0.3, 0.4) is 0 Å². The summed E-state index contributed by atoms with van der Waals surface area (Å²) in [5.41, 5.74) is 2.99. The predicted molar refractivity (Wildman–Crippen MR) is 133 cm³/mol. The summed E-state index contributed by atoms with van der Waals surface area (Å²) < 4.78 is 6.70. The normalized spacial score (nSPS) is 23.2. The van der Waals surface area contributed by atoms with Crippen molar-refractivity contribution in [2.75, 3.05) is 12.4 Å². The van der Waals surface area contributed by atoms with Gasteiger partial charge in [0.05, 0.1) is 23.8 Å². The monoisotopic (exact) mass is 514 g/mol. The van der Waals surface area contributed by atoms with E-state index in [1.807, 2.05) is 67.6 Å². The minimum Gasteiger partial charge on any atom is -0.481 e. The number of rotatable bonds is 4. The van der Waals surface area contributed by atoms with Gasteiger partial charge in [0.15, 0.2) is 5.78 Å². The van der Waals surface area contributed by atoms with Gasteiger partial charge in [0.2, 0.25) is 11.8 Å². The SMILES string of the molecule is COc1nc(Nc2ccc(Br)cc2)nc2c1CC[C@H]1[C@H](C)C(=O)C(C#N)=C[C@]21c1ccccc1. The van der Waals surface area contributed by atoms with Gasteiger partial charge < -0.3 is 10.1 Å².